The first kappa shape index (κ1) is 17.7. The Hall–Kier alpha value is -3.15. The molecule has 3 rings (SSSR count). The summed E-state index contributed by atoms with van der Waals surface area (Å²) in [5.41, 5.74) is 3.38. The molecule has 0 saturated carbocycles. The molecule has 0 saturated heterocycles. The Kier molecular flexibility index (Phi) is 5.02. The number of carbonyl (C=O) groups excluding carboxylic acids is 1. The monoisotopic (exact) mass is 353 g/mol. The molecule has 0 radical (unpaired) electrons. The first-order valence-corrected chi connectivity index (χ1v) is 8.23. The van der Waals surface area contributed by atoms with Crippen LogP contribution in [0.2, 0.25) is 0 Å². The second kappa shape index (κ2) is 7.39. The summed E-state index contributed by atoms with van der Waals surface area (Å²) in [5.74, 6) is -0.194. The third-order valence-electron chi connectivity index (χ3n) is 3.93. The minimum atomic E-state index is -0.485. The minimum absolute atomic E-state index is 0.135. The highest BCUT2D eigenvalue weighted by Gasteiger charge is 2.13. The summed E-state index contributed by atoms with van der Waals surface area (Å²) in [6.45, 7) is 6.00. The number of carbonyl (C=O) groups is 1. The maximum absolute atomic E-state index is 13.8. The van der Waals surface area contributed by atoms with Gasteiger partial charge in [0.15, 0.2) is 12.4 Å². The molecule has 0 fully saturated rings. The lowest BCUT2D eigenvalue weighted by atomic mass is 10.1. The quantitative estimate of drug-likeness (QED) is 0.746. The van der Waals surface area contributed by atoms with Crippen LogP contribution in [0.1, 0.15) is 27.2 Å². The number of hydrogen-bond acceptors (Lipinski definition) is 3. The summed E-state index contributed by atoms with van der Waals surface area (Å²) in [4.78, 5) is 12.3. The number of aromatic nitrogens is 2. The van der Waals surface area contributed by atoms with Crippen molar-refractivity contribution in [3.05, 3.63) is 76.9 Å². The van der Waals surface area contributed by atoms with Gasteiger partial charge < -0.3 is 10.1 Å². The molecule has 134 valence electrons. The fourth-order valence-corrected chi connectivity index (χ4v) is 2.57. The van der Waals surface area contributed by atoms with Crippen molar-refractivity contribution in [3.8, 4) is 5.75 Å². The topological polar surface area (TPSA) is 56.1 Å². The van der Waals surface area contributed by atoms with Crippen molar-refractivity contribution in [2.24, 2.45) is 0 Å². The van der Waals surface area contributed by atoms with Crippen LogP contribution in [0.15, 0.2) is 48.7 Å². The number of amides is 1. The summed E-state index contributed by atoms with van der Waals surface area (Å²) in [5, 5.41) is 6.72. The average molecular weight is 353 g/mol. The first-order chi connectivity index (χ1) is 12.4. The van der Waals surface area contributed by atoms with Crippen LogP contribution in [0.4, 0.5) is 10.1 Å². The highest BCUT2D eigenvalue weighted by Crippen LogP contribution is 2.19. The SMILES string of the molecule is Cc1ccc(OCn2ccc(C(=O)Nc3cc(C)ccc3F)n2)c(C)c1. The maximum Gasteiger partial charge on any atom is 0.276 e. The largest absolute Gasteiger partial charge is 0.471 e. The van der Waals surface area contributed by atoms with E-state index in [2.05, 4.69) is 10.4 Å². The van der Waals surface area contributed by atoms with E-state index in [1.54, 1.807) is 24.4 Å². The molecule has 1 aromatic heterocycles. The fraction of sp³-hybridized carbons (Fsp3) is 0.200. The van der Waals surface area contributed by atoms with Crippen LogP contribution in [0, 0.1) is 26.6 Å². The lowest BCUT2D eigenvalue weighted by Gasteiger charge is -2.09. The third-order valence-corrected chi connectivity index (χ3v) is 3.93. The van der Waals surface area contributed by atoms with Crippen LogP contribution in [0.5, 0.6) is 5.75 Å². The summed E-state index contributed by atoms with van der Waals surface area (Å²) in [6, 6.07) is 12.0. The van der Waals surface area contributed by atoms with Gasteiger partial charge in [0.2, 0.25) is 0 Å². The molecule has 0 aliphatic rings. The van der Waals surface area contributed by atoms with E-state index in [9.17, 15) is 9.18 Å². The summed E-state index contributed by atoms with van der Waals surface area (Å²) >= 11 is 0. The Labute approximate surface area is 151 Å². The van der Waals surface area contributed by atoms with Gasteiger partial charge in [0, 0.05) is 6.20 Å². The number of rotatable bonds is 5. The lowest BCUT2D eigenvalue weighted by Crippen LogP contribution is -2.15. The van der Waals surface area contributed by atoms with Gasteiger partial charge in [0.05, 0.1) is 5.69 Å². The highest BCUT2D eigenvalue weighted by molar-refractivity contribution is 6.02. The lowest BCUT2D eigenvalue weighted by molar-refractivity contribution is 0.101. The normalized spacial score (nSPS) is 10.6. The molecule has 6 heteroatoms. The molecule has 3 aromatic rings. The Balaban J connectivity index is 1.65. The molecular formula is C20H20FN3O2. The Morgan fingerprint density at radius 3 is 2.62 bits per heavy atom. The van der Waals surface area contributed by atoms with Gasteiger partial charge >= 0.3 is 0 Å². The molecule has 0 bridgehead atoms. The molecule has 0 atom stereocenters. The van der Waals surface area contributed by atoms with Gasteiger partial charge in [-0.2, -0.15) is 5.10 Å². The van der Waals surface area contributed by atoms with Crippen LogP contribution < -0.4 is 10.1 Å². The summed E-state index contributed by atoms with van der Waals surface area (Å²) < 4.78 is 21.0. The highest BCUT2D eigenvalue weighted by atomic mass is 19.1. The molecule has 1 heterocycles. The van der Waals surface area contributed by atoms with E-state index in [1.807, 2.05) is 39.0 Å². The van der Waals surface area contributed by atoms with Crippen molar-refractivity contribution >= 4 is 11.6 Å². The number of anilines is 1. The predicted octanol–water partition coefficient (Wildman–Crippen LogP) is 4.24. The number of aryl methyl sites for hydroxylation is 3. The number of benzene rings is 2. The number of halogens is 1. The van der Waals surface area contributed by atoms with Crippen LogP contribution in [-0.4, -0.2) is 15.7 Å². The Bertz CT molecular complexity index is 950. The van der Waals surface area contributed by atoms with Crippen LogP contribution >= 0.6 is 0 Å². The van der Waals surface area contributed by atoms with Crippen molar-refractivity contribution in [1.82, 2.24) is 9.78 Å². The smallest absolute Gasteiger partial charge is 0.276 e. The van der Waals surface area contributed by atoms with Gasteiger partial charge in [-0.25, -0.2) is 9.07 Å². The zero-order valence-corrected chi connectivity index (χ0v) is 14.9. The molecule has 26 heavy (non-hydrogen) atoms. The predicted molar refractivity (Wildman–Crippen MR) is 97.9 cm³/mol. The van der Waals surface area contributed by atoms with Gasteiger partial charge in [-0.15, -0.1) is 0 Å². The van der Waals surface area contributed by atoms with E-state index in [-0.39, 0.29) is 18.1 Å². The molecule has 0 unspecified atom stereocenters. The second-order valence-corrected chi connectivity index (χ2v) is 6.22. The van der Waals surface area contributed by atoms with Gasteiger partial charge in [0.1, 0.15) is 11.6 Å². The number of nitrogens with zero attached hydrogens (tertiary/aromatic N) is 2. The van der Waals surface area contributed by atoms with Crippen molar-refractivity contribution in [3.63, 3.8) is 0 Å². The number of nitrogens with one attached hydrogen (secondary N) is 1. The Morgan fingerprint density at radius 1 is 1.12 bits per heavy atom. The van der Waals surface area contributed by atoms with Gasteiger partial charge in [-0.3, -0.25) is 4.79 Å². The zero-order valence-electron chi connectivity index (χ0n) is 14.9. The molecule has 0 spiro atoms. The standard InChI is InChI=1S/C20H20FN3O2/c1-13-5-7-19(15(3)10-13)26-12-24-9-8-17(23-24)20(25)22-18-11-14(2)4-6-16(18)21/h4-11H,12H2,1-3H3,(H,22,25). The molecule has 2 aromatic carbocycles. The van der Waals surface area contributed by atoms with Crippen molar-refractivity contribution < 1.29 is 13.9 Å². The first-order valence-electron chi connectivity index (χ1n) is 8.23. The molecule has 1 amide bonds. The average Bonchev–Trinajstić information content (AvgIpc) is 3.06. The third kappa shape index (κ3) is 4.08. The van der Waals surface area contributed by atoms with E-state index in [1.165, 1.54) is 10.7 Å². The fourth-order valence-electron chi connectivity index (χ4n) is 2.57. The molecule has 0 aliphatic carbocycles. The Morgan fingerprint density at radius 2 is 1.85 bits per heavy atom. The molecular weight excluding hydrogens is 333 g/mol. The van der Waals surface area contributed by atoms with Gasteiger partial charge in [-0.1, -0.05) is 23.8 Å². The van der Waals surface area contributed by atoms with Gasteiger partial charge in [-0.05, 0) is 56.2 Å². The molecule has 0 aliphatic heterocycles. The van der Waals surface area contributed by atoms with Crippen LogP contribution in [0.3, 0.4) is 0 Å². The van der Waals surface area contributed by atoms with E-state index in [0.29, 0.717) is 0 Å². The maximum atomic E-state index is 13.8. The number of ether oxygens (including phenoxy) is 1. The van der Waals surface area contributed by atoms with E-state index >= 15 is 0 Å². The van der Waals surface area contributed by atoms with Crippen LogP contribution in [-0.2, 0) is 6.73 Å². The minimum Gasteiger partial charge on any atom is -0.471 e. The van der Waals surface area contributed by atoms with Crippen molar-refractivity contribution in [2.75, 3.05) is 5.32 Å². The van der Waals surface area contributed by atoms with Crippen molar-refractivity contribution in [1.29, 1.82) is 0 Å². The van der Waals surface area contributed by atoms with E-state index in [4.69, 9.17) is 4.74 Å². The molecule has 1 N–H and O–H groups in total. The van der Waals surface area contributed by atoms with Gasteiger partial charge in [0.25, 0.3) is 5.91 Å². The second-order valence-electron chi connectivity index (χ2n) is 6.22. The summed E-state index contributed by atoms with van der Waals surface area (Å²) in [6.07, 6.45) is 1.64. The van der Waals surface area contributed by atoms with E-state index in [0.717, 1.165) is 22.4 Å². The number of hydrogen-bond donors (Lipinski definition) is 1. The van der Waals surface area contributed by atoms with E-state index < -0.39 is 11.7 Å². The summed E-state index contributed by atoms with van der Waals surface area (Å²) in [7, 11) is 0. The van der Waals surface area contributed by atoms with Crippen molar-refractivity contribution in [2.45, 2.75) is 27.5 Å². The molecule has 5 nitrogen and oxygen atoms in total. The van der Waals surface area contributed by atoms with Crippen LogP contribution in [0.25, 0.3) is 0 Å². The zero-order chi connectivity index (χ0) is 18.7.